The van der Waals surface area contributed by atoms with Crippen LogP contribution < -0.4 is 10.6 Å². The number of aromatic nitrogens is 3. The molecule has 1 aliphatic heterocycles. The molecule has 7 nitrogen and oxygen atoms in total. The van der Waals surface area contributed by atoms with Gasteiger partial charge in [-0.25, -0.2) is 0 Å². The average Bonchev–Trinajstić information content (AvgIpc) is 3.09. The Morgan fingerprint density at radius 2 is 2.21 bits per heavy atom. The second kappa shape index (κ2) is 7.53. The van der Waals surface area contributed by atoms with Crippen LogP contribution in [0.15, 0.2) is 28.9 Å². The highest BCUT2D eigenvalue weighted by atomic mass is 16.5. The Morgan fingerprint density at radius 1 is 1.38 bits per heavy atom. The number of nitrogens with zero attached hydrogens (tertiary/aromatic N) is 3. The normalized spacial score (nSPS) is 16.7. The molecule has 0 bridgehead atoms. The maximum atomic E-state index is 12.0. The highest BCUT2D eigenvalue weighted by molar-refractivity contribution is 5.76. The minimum atomic E-state index is 0.0207. The van der Waals surface area contributed by atoms with Crippen LogP contribution in [0.25, 0.3) is 11.5 Å². The molecular weight excluding hydrogens is 306 g/mol. The zero-order chi connectivity index (χ0) is 16.8. The monoisotopic (exact) mass is 329 g/mol. The molecule has 3 heterocycles. The summed E-state index contributed by atoms with van der Waals surface area (Å²) in [4.78, 5) is 20.5. The van der Waals surface area contributed by atoms with Gasteiger partial charge in [-0.2, -0.15) is 4.98 Å². The van der Waals surface area contributed by atoms with Gasteiger partial charge in [-0.05, 0) is 43.5 Å². The molecule has 1 amide bonds. The van der Waals surface area contributed by atoms with Gasteiger partial charge in [0.05, 0.1) is 0 Å². The lowest BCUT2D eigenvalue weighted by atomic mass is 9.81. The first-order chi connectivity index (χ1) is 11.6. The van der Waals surface area contributed by atoms with Crippen LogP contribution in [0.1, 0.15) is 32.1 Å². The van der Waals surface area contributed by atoms with E-state index in [4.69, 9.17) is 4.52 Å². The summed E-state index contributed by atoms with van der Waals surface area (Å²) < 4.78 is 5.19. The first-order valence-corrected chi connectivity index (χ1v) is 8.36. The van der Waals surface area contributed by atoms with E-state index in [9.17, 15) is 4.79 Å². The molecule has 24 heavy (non-hydrogen) atoms. The maximum Gasteiger partial charge on any atom is 0.227 e. The zero-order valence-electron chi connectivity index (χ0n) is 13.9. The summed E-state index contributed by atoms with van der Waals surface area (Å²) in [6.45, 7) is 4.98. The number of hydrogen-bond donors (Lipinski definition) is 2. The molecule has 0 spiro atoms. The first-order valence-electron chi connectivity index (χ1n) is 8.36. The summed E-state index contributed by atoms with van der Waals surface area (Å²) in [5.74, 6) is 0.930. The third kappa shape index (κ3) is 4.38. The predicted octanol–water partition coefficient (Wildman–Crippen LogP) is 1.57. The van der Waals surface area contributed by atoms with Gasteiger partial charge in [0, 0.05) is 25.6 Å². The molecule has 128 valence electrons. The van der Waals surface area contributed by atoms with Gasteiger partial charge < -0.3 is 15.2 Å². The summed E-state index contributed by atoms with van der Waals surface area (Å²) >= 11 is 0. The third-order valence-corrected chi connectivity index (χ3v) is 4.45. The van der Waals surface area contributed by atoms with Crippen molar-refractivity contribution in [3.8, 4) is 11.5 Å². The summed E-state index contributed by atoms with van der Waals surface area (Å²) in [5.41, 5.74) is 0.855. The Morgan fingerprint density at radius 3 is 2.96 bits per heavy atom. The topological polar surface area (TPSA) is 92.9 Å². The van der Waals surface area contributed by atoms with Gasteiger partial charge in [-0.15, -0.1) is 0 Å². The second-order valence-corrected chi connectivity index (χ2v) is 6.56. The van der Waals surface area contributed by atoms with Crippen molar-refractivity contribution in [3.05, 3.63) is 30.3 Å². The van der Waals surface area contributed by atoms with Gasteiger partial charge in [0.2, 0.25) is 17.6 Å². The lowest BCUT2D eigenvalue weighted by molar-refractivity contribution is -0.121. The van der Waals surface area contributed by atoms with E-state index in [-0.39, 0.29) is 11.3 Å². The number of aryl methyl sites for hydroxylation is 1. The number of pyridine rings is 1. The van der Waals surface area contributed by atoms with Crippen LogP contribution in [0.5, 0.6) is 0 Å². The fraction of sp³-hybridized carbons (Fsp3) is 0.529. The minimum Gasteiger partial charge on any atom is -0.356 e. The predicted molar refractivity (Wildman–Crippen MR) is 89.1 cm³/mol. The smallest absolute Gasteiger partial charge is 0.227 e. The van der Waals surface area contributed by atoms with Crippen LogP contribution >= 0.6 is 0 Å². The van der Waals surface area contributed by atoms with Crippen molar-refractivity contribution in [2.75, 3.05) is 19.6 Å². The van der Waals surface area contributed by atoms with E-state index < -0.39 is 0 Å². The van der Waals surface area contributed by atoms with Crippen LogP contribution in [0.3, 0.4) is 0 Å². The van der Waals surface area contributed by atoms with Gasteiger partial charge in [0.25, 0.3) is 0 Å². The van der Waals surface area contributed by atoms with Crippen LogP contribution in [0.2, 0.25) is 0 Å². The Kier molecular flexibility index (Phi) is 5.20. The molecular formula is C17H23N5O2. The lowest BCUT2D eigenvalue weighted by Gasteiger charge is -2.34. The number of rotatable bonds is 6. The third-order valence-electron chi connectivity index (χ3n) is 4.45. The Bertz CT molecular complexity index is 665. The van der Waals surface area contributed by atoms with Gasteiger partial charge in [-0.1, -0.05) is 18.1 Å². The molecule has 1 saturated heterocycles. The van der Waals surface area contributed by atoms with Crippen LogP contribution in [0.4, 0.5) is 0 Å². The number of amides is 1. The van der Waals surface area contributed by atoms with Gasteiger partial charge in [0.15, 0.2) is 0 Å². The summed E-state index contributed by atoms with van der Waals surface area (Å²) in [6.07, 6.45) is 4.64. The fourth-order valence-electron chi connectivity index (χ4n) is 2.78. The second-order valence-electron chi connectivity index (χ2n) is 6.56. The molecule has 0 aliphatic carbocycles. The highest BCUT2D eigenvalue weighted by Gasteiger charge is 2.26. The van der Waals surface area contributed by atoms with E-state index in [1.807, 2.05) is 18.2 Å². The van der Waals surface area contributed by atoms with Crippen LogP contribution in [-0.2, 0) is 11.2 Å². The molecule has 2 N–H and O–H groups in total. The van der Waals surface area contributed by atoms with E-state index in [1.54, 1.807) is 6.20 Å². The number of hydrogen-bond acceptors (Lipinski definition) is 6. The number of piperidine rings is 1. The van der Waals surface area contributed by atoms with Crippen molar-refractivity contribution in [2.24, 2.45) is 5.41 Å². The van der Waals surface area contributed by atoms with Gasteiger partial charge >= 0.3 is 0 Å². The molecule has 1 aliphatic rings. The quantitative estimate of drug-likeness (QED) is 0.835. The van der Waals surface area contributed by atoms with Crippen LogP contribution in [0, 0.1) is 5.41 Å². The molecule has 3 rings (SSSR count). The van der Waals surface area contributed by atoms with Crippen molar-refractivity contribution < 1.29 is 9.32 Å². The van der Waals surface area contributed by atoms with Crippen molar-refractivity contribution in [1.82, 2.24) is 25.8 Å². The van der Waals surface area contributed by atoms with E-state index in [0.717, 1.165) is 32.5 Å². The van der Waals surface area contributed by atoms with Crippen molar-refractivity contribution in [2.45, 2.75) is 32.6 Å². The van der Waals surface area contributed by atoms with Crippen LogP contribution in [-0.4, -0.2) is 40.7 Å². The van der Waals surface area contributed by atoms with Crippen molar-refractivity contribution >= 4 is 5.91 Å². The van der Waals surface area contributed by atoms with Gasteiger partial charge in [-0.3, -0.25) is 9.78 Å². The molecule has 7 heteroatoms. The molecule has 0 aromatic carbocycles. The highest BCUT2D eigenvalue weighted by Crippen LogP contribution is 2.26. The lowest BCUT2D eigenvalue weighted by Crippen LogP contribution is -2.42. The molecule has 0 radical (unpaired) electrons. The molecule has 2 aromatic heterocycles. The van der Waals surface area contributed by atoms with E-state index in [2.05, 4.69) is 32.7 Å². The average molecular weight is 329 g/mol. The molecule has 0 saturated carbocycles. The zero-order valence-corrected chi connectivity index (χ0v) is 13.9. The summed E-state index contributed by atoms with van der Waals surface area (Å²) in [7, 11) is 0. The number of nitrogens with one attached hydrogen (secondary N) is 2. The number of carbonyl (C=O) groups is 1. The van der Waals surface area contributed by atoms with E-state index >= 15 is 0 Å². The van der Waals surface area contributed by atoms with Gasteiger partial charge in [0.1, 0.15) is 5.69 Å². The Labute approximate surface area is 141 Å². The van der Waals surface area contributed by atoms with E-state index in [1.165, 1.54) is 0 Å². The van der Waals surface area contributed by atoms with E-state index in [0.29, 0.717) is 30.3 Å². The number of carbonyl (C=O) groups excluding carboxylic acids is 1. The largest absolute Gasteiger partial charge is 0.356 e. The maximum absolute atomic E-state index is 12.0. The fourth-order valence-corrected chi connectivity index (χ4v) is 2.78. The SMILES string of the molecule is CC1(CNC(=O)CCc2nc(-c3ccccn3)no2)CCNCC1. The molecule has 2 aromatic rings. The molecule has 1 fully saturated rings. The summed E-state index contributed by atoms with van der Waals surface area (Å²) in [5, 5.41) is 10.3. The Balaban J connectivity index is 1.46. The Hall–Kier alpha value is -2.28. The van der Waals surface area contributed by atoms with Crippen molar-refractivity contribution in [3.63, 3.8) is 0 Å². The minimum absolute atomic E-state index is 0.0207. The summed E-state index contributed by atoms with van der Waals surface area (Å²) in [6, 6.07) is 5.52. The van der Waals surface area contributed by atoms with Crippen molar-refractivity contribution in [1.29, 1.82) is 0 Å². The standard InChI is InChI=1S/C17H23N5O2/c1-17(7-10-18-11-8-17)12-20-14(23)5-6-15-21-16(22-24-15)13-4-2-3-9-19-13/h2-4,9,18H,5-8,10-12H2,1H3,(H,20,23). The first kappa shape index (κ1) is 16.6. The molecule has 0 unspecified atom stereocenters. The molecule has 0 atom stereocenters.